The van der Waals surface area contributed by atoms with E-state index in [1.165, 1.54) is 82.6 Å². The van der Waals surface area contributed by atoms with Gasteiger partial charge in [-0.1, -0.05) is 63.7 Å². The molecule has 162 valence electrons. The molecule has 2 saturated carbocycles. The largest absolute Gasteiger partial charge is 0.494 e. The van der Waals surface area contributed by atoms with Crippen molar-refractivity contribution in [2.45, 2.75) is 103 Å². The van der Waals surface area contributed by atoms with Gasteiger partial charge in [-0.15, -0.1) is 0 Å². The van der Waals surface area contributed by atoms with Crippen LogP contribution < -0.4 is 4.74 Å². The number of halogens is 1. The lowest BCUT2D eigenvalue weighted by Gasteiger charge is -2.46. The summed E-state index contributed by atoms with van der Waals surface area (Å²) >= 11 is 0. The van der Waals surface area contributed by atoms with Crippen molar-refractivity contribution >= 4 is 0 Å². The van der Waals surface area contributed by atoms with Gasteiger partial charge in [-0.25, -0.2) is 4.39 Å². The van der Waals surface area contributed by atoms with Crippen LogP contribution in [0.4, 0.5) is 4.39 Å². The molecule has 0 amide bonds. The maximum Gasteiger partial charge on any atom is 0.119 e. The summed E-state index contributed by atoms with van der Waals surface area (Å²) in [5, 5.41) is 0. The standard InChI is InChI=1S/C27H41FO/c1-2-3-4-8-22-29-26-16-12-24(13-17-26)23-10-14-25(15-11-23)27(20-9-21-28)18-6-5-7-19-27/h9,12-13,16-17,21,23,25H,2-8,10-11,14-15,18-20,22H2,1H3/b21-9+. The van der Waals surface area contributed by atoms with Crippen LogP contribution in [0.5, 0.6) is 5.75 Å². The number of benzene rings is 1. The lowest BCUT2D eigenvalue weighted by molar-refractivity contribution is 0.0654. The molecule has 0 unspecified atom stereocenters. The fourth-order valence-corrected chi connectivity index (χ4v) is 5.91. The van der Waals surface area contributed by atoms with Crippen LogP contribution in [0, 0.1) is 11.3 Å². The predicted molar refractivity (Wildman–Crippen MR) is 121 cm³/mol. The molecule has 1 nitrogen and oxygen atoms in total. The van der Waals surface area contributed by atoms with Gasteiger partial charge in [0.15, 0.2) is 0 Å². The minimum atomic E-state index is 0.376. The van der Waals surface area contributed by atoms with E-state index in [1.807, 2.05) is 0 Å². The number of ether oxygens (including phenoxy) is 1. The van der Waals surface area contributed by atoms with Crippen LogP contribution in [0.3, 0.4) is 0 Å². The van der Waals surface area contributed by atoms with Crippen molar-refractivity contribution in [1.29, 1.82) is 0 Å². The van der Waals surface area contributed by atoms with Crippen molar-refractivity contribution < 1.29 is 9.13 Å². The molecule has 2 fully saturated rings. The van der Waals surface area contributed by atoms with Gasteiger partial charge >= 0.3 is 0 Å². The summed E-state index contributed by atoms with van der Waals surface area (Å²) in [5.74, 6) is 2.47. The molecule has 3 rings (SSSR count). The topological polar surface area (TPSA) is 9.23 Å². The average molecular weight is 401 g/mol. The Kier molecular flexibility index (Phi) is 9.08. The zero-order valence-corrected chi connectivity index (χ0v) is 18.5. The van der Waals surface area contributed by atoms with Crippen LogP contribution in [0.1, 0.15) is 108 Å². The van der Waals surface area contributed by atoms with E-state index in [0.29, 0.717) is 11.3 Å². The summed E-state index contributed by atoms with van der Waals surface area (Å²) in [5.41, 5.74) is 1.85. The van der Waals surface area contributed by atoms with Crippen molar-refractivity contribution in [2.75, 3.05) is 6.61 Å². The highest BCUT2D eigenvalue weighted by atomic mass is 19.1. The highest BCUT2D eigenvalue weighted by molar-refractivity contribution is 5.29. The van der Waals surface area contributed by atoms with E-state index in [2.05, 4.69) is 31.2 Å². The first-order valence-corrected chi connectivity index (χ1v) is 12.3. The van der Waals surface area contributed by atoms with E-state index in [-0.39, 0.29) is 0 Å². The molecule has 0 aromatic heterocycles. The highest BCUT2D eigenvalue weighted by Crippen LogP contribution is 2.52. The molecule has 1 aromatic rings. The third kappa shape index (κ3) is 6.33. The Morgan fingerprint density at radius 1 is 0.966 bits per heavy atom. The summed E-state index contributed by atoms with van der Waals surface area (Å²) in [7, 11) is 0. The maximum absolute atomic E-state index is 12.7. The fraction of sp³-hybridized carbons (Fsp3) is 0.704. The summed E-state index contributed by atoms with van der Waals surface area (Å²) in [6.45, 7) is 3.07. The smallest absolute Gasteiger partial charge is 0.119 e. The summed E-state index contributed by atoms with van der Waals surface area (Å²) in [6, 6.07) is 8.90. The third-order valence-corrected chi connectivity index (χ3v) is 7.67. The fourth-order valence-electron chi connectivity index (χ4n) is 5.91. The van der Waals surface area contributed by atoms with Gasteiger partial charge in [0.25, 0.3) is 0 Å². The molecule has 2 heteroatoms. The Labute approximate surface area is 178 Å². The van der Waals surface area contributed by atoms with E-state index in [0.717, 1.165) is 37.4 Å². The second kappa shape index (κ2) is 11.8. The summed E-state index contributed by atoms with van der Waals surface area (Å²) in [6.07, 6.45) is 20.3. The predicted octanol–water partition coefficient (Wildman–Crippen LogP) is 8.74. The summed E-state index contributed by atoms with van der Waals surface area (Å²) in [4.78, 5) is 0. The van der Waals surface area contributed by atoms with Gasteiger partial charge in [0.05, 0.1) is 12.9 Å². The van der Waals surface area contributed by atoms with Crippen molar-refractivity contribution in [3.63, 3.8) is 0 Å². The Morgan fingerprint density at radius 3 is 2.34 bits per heavy atom. The average Bonchev–Trinajstić information content (AvgIpc) is 2.79. The van der Waals surface area contributed by atoms with E-state index in [1.54, 1.807) is 6.08 Å². The third-order valence-electron chi connectivity index (χ3n) is 7.67. The molecule has 0 bridgehead atoms. The molecular weight excluding hydrogens is 359 g/mol. The SMILES string of the molecule is CCCCCCOc1ccc(C2CCC(C3(C/C=C/F)CCCCC3)CC2)cc1. The van der Waals surface area contributed by atoms with Crippen LogP contribution in [0.25, 0.3) is 0 Å². The van der Waals surface area contributed by atoms with Crippen molar-refractivity contribution in [3.8, 4) is 5.75 Å². The molecule has 0 spiro atoms. The first-order valence-electron chi connectivity index (χ1n) is 12.3. The lowest BCUT2D eigenvalue weighted by Crippen LogP contribution is -2.35. The van der Waals surface area contributed by atoms with Gasteiger partial charge in [-0.3, -0.25) is 0 Å². The number of hydrogen-bond donors (Lipinski definition) is 0. The second-order valence-electron chi connectivity index (χ2n) is 9.52. The normalized spacial score (nSPS) is 24.6. The molecule has 0 N–H and O–H groups in total. The van der Waals surface area contributed by atoms with Gasteiger partial charge < -0.3 is 4.74 Å². The van der Waals surface area contributed by atoms with Crippen molar-refractivity contribution in [1.82, 2.24) is 0 Å². The van der Waals surface area contributed by atoms with Crippen molar-refractivity contribution in [2.24, 2.45) is 11.3 Å². The minimum Gasteiger partial charge on any atom is -0.494 e. The van der Waals surface area contributed by atoms with E-state index < -0.39 is 0 Å². The van der Waals surface area contributed by atoms with Gasteiger partial charge in [-0.05, 0) is 86.3 Å². The van der Waals surface area contributed by atoms with Crippen molar-refractivity contribution in [3.05, 3.63) is 42.2 Å². The van der Waals surface area contributed by atoms with Crippen LogP contribution in [0.2, 0.25) is 0 Å². The Bertz CT molecular complexity index is 591. The van der Waals surface area contributed by atoms with Crippen LogP contribution >= 0.6 is 0 Å². The summed E-state index contributed by atoms with van der Waals surface area (Å²) < 4.78 is 18.6. The first kappa shape index (κ1) is 22.4. The van der Waals surface area contributed by atoms with E-state index in [4.69, 9.17) is 4.74 Å². The number of allylic oxidation sites excluding steroid dienone is 1. The lowest BCUT2D eigenvalue weighted by atomic mass is 9.59. The molecule has 0 heterocycles. The number of rotatable bonds is 10. The van der Waals surface area contributed by atoms with Gasteiger partial charge in [0.2, 0.25) is 0 Å². The Hall–Kier alpha value is -1.31. The molecule has 2 aliphatic carbocycles. The quantitative estimate of drug-likeness (QED) is 0.357. The Balaban J connectivity index is 1.49. The zero-order chi connectivity index (χ0) is 20.4. The van der Waals surface area contributed by atoms with E-state index in [9.17, 15) is 4.39 Å². The minimum absolute atomic E-state index is 0.376. The molecule has 2 aliphatic rings. The monoisotopic (exact) mass is 400 g/mol. The molecule has 1 aromatic carbocycles. The van der Waals surface area contributed by atoms with Gasteiger partial charge in [0.1, 0.15) is 5.75 Å². The first-order chi connectivity index (χ1) is 14.3. The molecule has 0 atom stereocenters. The number of unbranched alkanes of at least 4 members (excludes halogenated alkanes) is 3. The van der Waals surface area contributed by atoms with Gasteiger partial charge in [0, 0.05) is 0 Å². The van der Waals surface area contributed by atoms with Crippen LogP contribution in [-0.4, -0.2) is 6.61 Å². The zero-order valence-electron chi connectivity index (χ0n) is 18.5. The molecule has 0 radical (unpaired) electrons. The highest BCUT2D eigenvalue weighted by Gasteiger charge is 2.40. The second-order valence-corrected chi connectivity index (χ2v) is 9.52. The Morgan fingerprint density at radius 2 is 1.69 bits per heavy atom. The van der Waals surface area contributed by atoms with Gasteiger partial charge in [-0.2, -0.15) is 0 Å². The molecule has 29 heavy (non-hydrogen) atoms. The number of hydrogen-bond acceptors (Lipinski definition) is 1. The van der Waals surface area contributed by atoms with Crippen LogP contribution in [0.15, 0.2) is 36.7 Å². The van der Waals surface area contributed by atoms with E-state index >= 15 is 0 Å². The molecule has 0 aliphatic heterocycles. The molecule has 0 saturated heterocycles. The maximum atomic E-state index is 12.7. The van der Waals surface area contributed by atoms with Crippen LogP contribution in [-0.2, 0) is 0 Å². The molecular formula is C27H41FO.